The number of nitrogens with one attached hydrogen (secondary N) is 2. The first-order valence-corrected chi connectivity index (χ1v) is 9.28. The molecule has 0 spiro atoms. The van der Waals surface area contributed by atoms with E-state index in [2.05, 4.69) is 16.7 Å². The van der Waals surface area contributed by atoms with Gasteiger partial charge in [0, 0.05) is 30.8 Å². The predicted molar refractivity (Wildman–Crippen MR) is 101 cm³/mol. The molecule has 1 aliphatic carbocycles. The van der Waals surface area contributed by atoms with Gasteiger partial charge in [-0.2, -0.15) is 0 Å². The average molecular weight is 352 g/mol. The molecule has 0 fully saturated rings. The third-order valence-electron chi connectivity index (χ3n) is 5.24. The van der Waals surface area contributed by atoms with Gasteiger partial charge in [0.1, 0.15) is 18.1 Å². The smallest absolute Gasteiger partial charge is 0.224 e. The number of aryl methyl sites for hydroxylation is 2. The van der Waals surface area contributed by atoms with Crippen molar-refractivity contribution < 1.29 is 14.6 Å². The summed E-state index contributed by atoms with van der Waals surface area (Å²) >= 11 is 0. The van der Waals surface area contributed by atoms with Crippen molar-refractivity contribution in [3.8, 4) is 11.5 Å². The van der Waals surface area contributed by atoms with E-state index in [1.165, 1.54) is 5.56 Å². The lowest BCUT2D eigenvalue weighted by Crippen LogP contribution is -2.37. The van der Waals surface area contributed by atoms with Gasteiger partial charge in [-0.15, -0.1) is 0 Å². The maximum absolute atomic E-state index is 11.5. The minimum Gasteiger partial charge on any atom is -0.508 e. The molecule has 2 aromatic rings. The van der Waals surface area contributed by atoms with Crippen LogP contribution in [-0.4, -0.2) is 30.2 Å². The minimum absolute atomic E-state index is 0.0668. The Morgan fingerprint density at radius 3 is 3.00 bits per heavy atom. The average Bonchev–Trinajstić information content (AvgIpc) is 2.65. The van der Waals surface area contributed by atoms with E-state index in [9.17, 15) is 9.90 Å². The lowest BCUT2D eigenvalue weighted by molar-refractivity contribution is -0.116. The quantitative estimate of drug-likeness (QED) is 0.724. The van der Waals surface area contributed by atoms with E-state index in [-0.39, 0.29) is 5.91 Å². The lowest BCUT2D eigenvalue weighted by atomic mass is 9.87. The number of hydrogen-bond acceptors (Lipinski definition) is 4. The Morgan fingerprint density at radius 1 is 1.15 bits per heavy atom. The summed E-state index contributed by atoms with van der Waals surface area (Å²) in [5.74, 6) is 1.25. The van der Waals surface area contributed by atoms with Crippen molar-refractivity contribution in [2.24, 2.45) is 0 Å². The summed E-state index contributed by atoms with van der Waals surface area (Å²) in [6.07, 6.45) is 4.26. The number of hydrogen-bond donors (Lipinski definition) is 3. The van der Waals surface area contributed by atoms with Crippen LogP contribution >= 0.6 is 0 Å². The first-order valence-electron chi connectivity index (χ1n) is 9.28. The Kier molecular flexibility index (Phi) is 4.80. The van der Waals surface area contributed by atoms with Crippen molar-refractivity contribution in [3.05, 3.63) is 53.1 Å². The molecule has 0 radical (unpaired) electrons. The Morgan fingerprint density at radius 2 is 2.08 bits per heavy atom. The van der Waals surface area contributed by atoms with Crippen LogP contribution in [0.2, 0.25) is 0 Å². The van der Waals surface area contributed by atoms with E-state index >= 15 is 0 Å². The van der Waals surface area contributed by atoms with Gasteiger partial charge in [-0.25, -0.2) is 0 Å². The highest BCUT2D eigenvalue weighted by Gasteiger charge is 2.20. The van der Waals surface area contributed by atoms with Crippen LogP contribution in [0.4, 0.5) is 5.69 Å². The third-order valence-corrected chi connectivity index (χ3v) is 5.24. The van der Waals surface area contributed by atoms with Crippen molar-refractivity contribution in [1.29, 1.82) is 0 Å². The largest absolute Gasteiger partial charge is 0.508 e. The fraction of sp³-hybridized carbons (Fsp3) is 0.381. The zero-order chi connectivity index (χ0) is 17.9. The summed E-state index contributed by atoms with van der Waals surface area (Å²) in [6.45, 7) is 1.31. The number of aromatic hydroxyl groups is 1. The Labute approximate surface area is 153 Å². The molecule has 4 rings (SSSR count). The number of amides is 1. The first-order chi connectivity index (χ1) is 12.7. The zero-order valence-electron chi connectivity index (χ0n) is 14.8. The third kappa shape index (κ3) is 3.68. The number of ether oxygens (including phenoxy) is 1. The molecule has 3 N–H and O–H groups in total. The molecule has 5 heteroatoms. The van der Waals surface area contributed by atoms with Crippen molar-refractivity contribution in [3.63, 3.8) is 0 Å². The second-order valence-electron chi connectivity index (χ2n) is 7.02. The van der Waals surface area contributed by atoms with Gasteiger partial charge in [-0.3, -0.25) is 4.79 Å². The molecule has 1 atom stereocenters. The topological polar surface area (TPSA) is 70.6 Å². The van der Waals surface area contributed by atoms with Gasteiger partial charge in [0.2, 0.25) is 5.91 Å². The van der Waals surface area contributed by atoms with Gasteiger partial charge >= 0.3 is 0 Å². The Balaban J connectivity index is 1.27. The molecule has 1 amide bonds. The number of carbonyl (C=O) groups excluding carboxylic acids is 1. The molecular formula is C21H24N2O3. The molecule has 2 aromatic carbocycles. The number of benzene rings is 2. The fourth-order valence-corrected chi connectivity index (χ4v) is 3.82. The van der Waals surface area contributed by atoms with Gasteiger partial charge in [0.25, 0.3) is 0 Å². The molecule has 0 aromatic heterocycles. The molecule has 0 saturated carbocycles. The van der Waals surface area contributed by atoms with E-state index in [0.29, 0.717) is 24.8 Å². The van der Waals surface area contributed by atoms with Crippen LogP contribution in [0.3, 0.4) is 0 Å². The van der Waals surface area contributed by atoms with Crippen LogP contribution in [0.15, 0.2) is 36.4 Å². The van der Waals surface area contributed by atoms with Gasteiger partial charge in [-0.05, 0) is 54.5 Å². The second kappa shape index (κ2) is 7.38. The van der Waals surface area contributed by atoms with Gasteiger partial charge in [0.05, 0.1) is 0 Å². The van der Waals surface area contributed by atoms with E-state index < -0.39 is 0 Å². The fourth-order valence-electron chi connectivity index (χ4n) is 3.82. The van der Waals surface area contributed by atoms with E-state index in [0.717, 1.165) is 54.8 Å². The van der Waals surface area contributed by atoms with Crippen LogP contribution in [0.1, 0.15) is 29.5 Å². The minimum atomic E-state index is 0.0668. The Bertz CT molecular complexity index is 819. The molecule has 2 aliphatic rings. The molecule has 26 heavy (non-hydrogen) atoms. The van der Waals surface area contributed by atoms with Crippen molar-refractivity contribution >= 4 is 11.6 Å². The number of anilines is 1. The van der Waals surface area contributed by atoms with Crippen molar-refractivity contribution in [2.75, 3.05) is 18.5 Å². The molecule has 1 aliphatic heterocycles. The standard InChI is InChI=1S/C21H24N2O3/c24-20-3-1-2-14-4-7-16(12-18(14)20)22-10-11-26-17-8-5-15-6-9-21(25)23-19(15)13-17/h1-3,5,8,13,16,22,24H,4,6-7,9-12H2,(H,23,25). The number of fused-ring (bicyclic) bond motifs is 2. The number of phenolic OH excluding ortho intramolecular Hbond substituents is 1. The summed E-state index contributed by atoms with van der Waals surface area (Å²) in [5.41, 5.74) is 4.36. The molecule has 136 valence electrons. The molecule has 0 bridgehead atoms. The molecular weight excluding hydrogens is 328 g/mol. The summed E-state index contributed by atoms with van der Waals surface area (Å²) in [4.78, 5) is 11.5. The maximum atomic E-state index is 11.5. The summed E-state index contributed by atoms with van der Waals surface area (Å²) < 4.78 is 5.83. The first kappa shape index (κ1) is 16.9. The highest BCUT2D eigenvalue weighted by Crippen LogP contribution is 2.29. The number of rotatable bonds is 5. The van der Waals surface area contributed by atoms with Crippen LogP contribution < -0.4 is 15.4 Å². The molecule has 5 nitrogen and oxygen atoms in total. The zero-order valence-corrected chi connectivity index (χ0v) is 14.8. The van der Waals surface area contributed by atoms with E-state index in [1.807, 2.05) is 24.3 Å². The van der Waals surface area contributed by atoms with Crippen molar-refractivity contribution in [1.82, 2.24) is 5.32 Å². The van der Waals surface area contributed by atoms with Crippen LogP contribution in [-0.2, 0) is 24.1 Å². The van der Waals surface area contributed by atoms with Crippen LogP contribution in [0.25, 0.3) is 0 Å². The molecule has 1 unspecified atom stereocenters. The van der Waals surface area contributed by atoms with Gasteiger partial charge in [-0.1, -0.05) is 18.2 Å². The summed E-state index contributed by atoms with van der Waals surface area (Å²) in [5, 5.41) is 16.4. The highest BCUT2D eigenvalue weighted by molar-refractivity contribution is 5.94. The van der Waals surface area contributed by atoms with Gasteiger partial charge < -0.3 is 20.5 Å². The predicted octanol–water partition coefficient (Wildman–Crippen LogP) is 2.80. The summed E-state index contributed by atoms with van der Waals surface area (Å²) in [6, 6.07) is 12.0. The SMILES string of the molecule is O=C1CCc2ccc(OCCNC3CCc4cccc(O)c4C3)cc2N1. The normalized spacial score (nSPS) is 18.6. The lowest BCUT2D eigenvalue weighted by Gasteiger charge is -2.26. The van der Waals surface area contributed by atoms with Crippen molar-refractivity contribution in [2.45, 2.75) is 38.1 Å². The van der Waals surface area contributed by atoms with Crippen LogP contribution in [0, 0.1) is 0 Å². The second-order valence-corrected chi connectivity index (χ2v) is 7.02. The number of phenols is 1. The maximum Gasteiger partial charge on any atom is 0.224 e. The summed E-state index contributed by atoms with van der Waals surface area (Å²) in [7, 11) is 0. The molecule has 1 heterocycles. The number of carbonyl (C=O) groups is 1. The molecule has 0 saturated heterocycles. The van der Waals surface area contributed by atoms with Gasteiger partial charge in [0.15, 0.2) is 0 Å². The monoisotopic (exact) mass is 352 g/mol. The van der Waals surface area contributed by atoms with E-state index in [4.69, 9.17) is 4.74 Å². The van der Waals surface area contributed by atoms with E-state index in [1.54, 1.807) is 6.07 Å². The highest BCUT2D eigenvalue weighted by atomic mass is 16.5. The Hall–Kier alpha value is -2.53. The van der Waals surface area contributed by atoms with Crippen LogP contribution in [0.5, 0.6) is 11.5 Å².